The summed E-state index contributed by atoms with van der Waals surface area (Å²) in [5.74, 6) is 0.592. The summed E-state index contributed by atoms with van der Waals surface area (Å²) < 4.78 is 1.87. The molecule has 0 bridgehead atoms. The molecule has 0 radical (unpaired) electrons. The lowest BCUT2D eigenvalue weighted by Gasteiger charge is -2.01. The number of benzene rings is 2. The molecule has 0 unspecified atom stereocenters. The van der Waals surface area contributed by atoms with Gasteiger partial charge in [-0.1, -0.05) is 35.9 Å². The Balaban J connectivity index is 1.88. The van der Waals surface area contributed by atoms with Gasteiger partial charge in [0.05, 0.1) is 10.5 Å². The quantitative estimate of drug-likeness (QED) is 0.315. The standard InChI is InChI=1S/C18H15N5O2S/c1-13-6-4-8-15(12-13)17-20-21-18(26)22(17)19-11-5-9-14-7-2-3-10-16(14)23(24)25/h2-12H,1H3,(H,21,26)/b9-5+,19-11-. The van der Waals surface area contributed by atoms with E-state index >= 15 is 0 Å². The first-order chi connectivity index (χ1) is 12.6. The number of para-hydroxylation sites is 1. The SMILES string of the molecule is Cc1cccc(-c2n[nH]c(=S)n2/N=C\C=C\c2ccccc2[N+](=O)[O-])c1. The Bertz CT molecular complexity index is 1070. The first-order valence-corrected chi connectivity index (χ1v) is 8.16. The van der Waals surface area contributed by atoms with Crippen LogP contribution in [0.5, 0.6) is 0 Å². The Hall–Kier alpha value is -3.39. The molecule has 0 saturated heterocycles. The molecule has 130 valence electrons. The summed E-state index contributed by atoms with van der Waals surface area (Å²) in [4.78, 5) is 10.6. The second-order valence-electron chi connectivity index (χ2n) is 5.47. The average Bonchev–Trinajstić information content (AvgIpc) is 2.99. The van der Waals surface area contributed by atoms with E-state index in [9.17, 15) is 10.1 Å². The third-order valence-electron chi connectivity index (χ3n) is 3.60. The van der Waals surface area contributed by atoms with E-state index in [1.807, 2.05) is 31.2 Å². The third kappa shape index (κ3) is 3.81. The van der Waals surface area contributed by atoms with Crippen molar-refractivity contribution in [3.8, 4) is 11.4 Å². The second kappa shape index (κ2) is 7.66. The Labute approximate surface area is 154 Å². The van der Waals surface area contributed by atoms with E-state index in [0.29, 0.717) is 16.2 Å². The monoisotopic (exact) mass is 365 g/mol. The Kier molecular flexibility index (Phi) is 5.14. The van der Waals surface area contributed by atoms with Crippen LogP contribution in [0, 0.1) is 21.8 Å². The normalized spacial score (nSPS) is 11.4. The highest BCUT2D eigenvalue weighted by Gasteiger charge is 2.09. The van der Waals surface area contributed by atoms with Crippen LogP contribution in [0.2, 0.25) is 0 Å². The lowest BCUT2D eigenvalue weighted by atomic mass is 10.1. The number of hydrogen-bond donors (Lipinski definition) is 1. The van der Waals surface area contributed by atoms with E-state index in [1.54, 1.807) is 30.4 Å². The van der Waals surface area contributed by atoms with Gasteiger partial charge in [-0.2, -0.15) is 14.9 Å². The van der Waals surface area contributed by atoms with Crippen molar-refractivity contribution >= 4 is 30.2 Å². The molecule has 26 heavy (non-hydrogen) atoms. The summed E-state index contributed by atoms with van der Waals surface area (Å²) in [6, 6.07) is 14.3. The predicted molar refractivity (Wildman–Crippen MR) is 104 cm³/mol. The number of nitro groups is 1. The molecule has 3 aromatic rings. The molecule has 0 atom stereocenters. The van der Waals surface area contributed by atoms with Crippen molar-refractivity contribution in [1.82, 2.24) is 14.9 Å². The van der Waals surface area contributed by atoms with Crippen LogP contribution in [0.4, 0.5) is 5.69 Å². The minimum atomic E-state index is -0.418. The topological polar surface area (TPSA) is 89.1 Å². The largest absolute Gasteiger partial charge is 0.276 e. The summed E-state index contributed by atoms with van der Waals surface area (Å²) in [5.41, 5.74) is 2.52. The predicted octanol–water partition coefficient (Wildman–Crippen LogP) is 4.37. The van der Waals surface area contributed by atoms with E-state index in [0.717, 1.165) is 11.1 Å². The van der Waals surface area contributed by atoms with Gasteiger partial charge in [-0.15, -0.1) is 0 Å². The molecule has 0 aliphatic heterocycles. The van der Waals surface area contributed by atoms with Gasteiger partial charge in [0, 0.05) is 17.8 Å². The molecule has 7 nitrogen and oxygen atoms in total. The highest BCUT2D eigenvalue weighted by Crippen LogP contribution is 2.19. The van der Waals surface area contributed by atoms with Crippen molar-refractivity contribution < 1.29 is 4.92 Å². The molecule has 0 fully saturated rings. The molecule has 1 aromatic heterocycles. The number of aromatic nitrogens is 3. The molecule has 0 aliphatic rings. The van der Waals surface area contributed by atoms with Gasteiger partial charge in [0.15, 0.2) is 5.82 Å². The molecular formula is C18H15N5O2S. The van der Waals surface area contributed by atoms with E-state index in [-0.39, 0.29) is 5.69 Å². The number of nitrogens with one attached hydrogen (secondary N) is 1. The molecule has 0 amide bonds. The van der Waals surface area contributed by atoms with Gasteiger partial charge >= 0.3 is 0 Å². The second-order valence-corrected chi connectivity index (χ2v) is 5.86. The number of nitro benzene ring substituents is 1. The van der Waals surface area contributed by atoms with Crippen molar-refractivity contribution in [3.05, 3.63) is 80.6 Å². The van der Waals surface area contributed by atoms with Gasteiger partial charge < -0.3 is 0 Å². The van der Waals surface area contributed by atoms with Crippen LogP contribution in [-0.4, -0.2) is 26.0 Å². The van der Waals surface area contributed by atoms with Crippen LogP contribution < -0.4 is 0 Å². The number of aromatic amines is 1. The molecule has 0 aliphatic carbocycles. The summed E-state index contributed by atoms with van der Waals surface area (Å²) >= 11 is 5.22. The maximum atomic E-state index is 11.0. The number of aryl methyl sites for hydroxylation is 1. The van der Waals surface area contributed by atoms with Crippen molar-refractivity contribution in [3.63, 3.8) is 0 Å². The van der Waals surface area contributed by atoms with Crippen LogP contribution >= 0.6 is 12.2 Å². The van der Waals surface area contributed by atoms with Gasteiger partial charge in [-0.25, -0.2) is 5.10 Å². The highest BCUT2D eigenvalue weighted by molar-refractivity contribution is 7.71. The van der Waals surface area contributed by atoms with Crippen molar-refractivity contribution in [1.29, 1.82) is 0 Å². The van der Waals surface area contributed by atoms with Gasteiger partial charge in [-0.05, 0) is 43.4 Å². The first kappa shape index (κ1) is 17.4. The molecular weight excluding hydrogens is 350 g/mol. The molecule has 0 saturated carbocycles. The summed E-state index contributed by atoms with van der Waals surface area (Å²) in [7, 11) is 0. The molecule has 3 rings (SSSR count). The number of hydrogen-bond acceptors (Lipinski definition) is 5. The lowest BCUT2D eigenvalue weighted by molar-refractivity contribution is -0.385. The van der Waals surface area contributed by atoms with Crippen LogP contribution in [0.3, 0.4) is 0 Å². The number of H-pyrrole nitrogens is 1. The number of allylic oxidation sites excluding steroid dienone is 1. The fourth-order valence-corrected chi connectivity index (χ4v) is 2.60. The Morgan fingerprint density at radius 1 is 1.27 bits per heavy atom. The van der Waals surface area contributed by atoms with E-state index < -0.39 is 4.92 Å². The van der Waals surface area contributed by atoms with Crippen LogP contribution in [0.15, 0.2) is 59.7 Å². The first-order valence-electron chi connectivity index (χ1n) is 7.75. The van der Waals surface area contributed by atoms with Crippen molar-refractivity contribution in [2.45, 2.75) is 6.92 Å². The van der Waals surface area contributed by atoms with Crippen LogP contribution in [0.25, 0.3) is 17.5 Å². The molecule has 8 heteroatoms. The summed E-state index contributed by atoms with van der Waals surface area (Å²) in [6.45, 7) is 1.99. The maximum absolute atomic E-state index is 11.0. The zero-order chi connectivity index (χ0) is 18.5. The summed E-state index contributed by atoms with van der Waals surface area (Å²) in [6.07, 6.45) is 4.76. The fraction of sp³-hybridized carbons (Fsp3) is 0.0556. The third-order valence-corrected chi connectivity index (χ3v) is 3.87. The van der Waals surface area contributed by atoms with E-state index in [2.05, 4.69) is 15.3 Å². The fourth-order valence-electron chi connectivity index (χ4n) is 2.42. The molecule has 0 spiro atoms. The smallest absolute Gasteiger partial charge is 0.258 e. The number of rotatable bonds is 5. The van der Waals surface area contributed by atoms with Gasteiger partial charge in [0.1, 0.15) is 0 Å². The Morgan fingerprint density at radius 3 is 2.85 bits per heavy atom. The van der Waals surface area contributed by atoms with Crippen LogP contribution in [0.1, 0.15) is 11.1 Å². The van der Waals surface area contributed by atoms with Gasteiger partial charge in [-0.3, -0.25) is 10.1 Å². The average molecular weight is 365 g/mol. The maximum Gasteiger partial charge on any atom is 0.276 e. The van der Waals surface area contributed by atoms with E-state index in [4.69, 9.17) is 12.2 Å². The lowest BCUT2D eigenvalue weighted by Crippen LogP contribution is -1.94. The van der Waals surface area contributed by atoms with Gasteiger partial charge in [0.25, 0.3) is 5.69 Å². The zero-order valence-corrected chi connectivity index (χ0v) is 14.7. The van der Waals surface area contributed by atoms with Crippen LogP contribution in [-0.2, 0) is 0 Å². The minimum Gasteiger partial charge on any atom is -0.258 e. The highest BCUT2D eigenvalue weighted by atomic mass is 32.1. The number of nitrogens with zero attached hydrogens (tertiary/aromatic N) is 4. The van der Waals surface area contributed by atoms with Crippen molar-refractivity contribution in [2.75, 3.05) is 0 Å². The van der Waals surface area contributed by atoms with E-state index in [1.165, 1.54) is 17.0 Å². The van der Waals surface area contributed by atoms with Crippen molar-refractivity contribution in [2.24, 2.45) is 5.10 Å². The summed E-state index contributed by atoms with van der Waals surface area (Å²) in [5, 5.41) is 22.3. The molecule has 1 N–H and O–H groups in total. The molecule has 1 heterocycles. The Morgan fingerprint density at radius 2 is 2.08 bits per heavy atom. The van der Waals surface area contributed by atoms with Gasteiger partial charge in [0.2, 0.25) is 4.77 Å². The molecule has 2 aromatic carbocycles. The zero-order valence-electron chi connectivity index (χ0n) is 13.9. The minimum absolute atomic E-state index is 0.0394.